The molecule has 0 saturated heterocycles. The van der Waals surface area contributed by atoms with Crippen molar-refractivity contribution in [1.29, 1.82) is 5.41 Å². The third-order valence-corrected chi connectivity index (χ3v) is 5.06. The van der Waals surface area contributed by atoms with Crippen LogP contribution in [0.3, 0.4) is 0 Å². The number of benzene rings is 2. The largest absolute Gasteiger partial charge is 0.457 e. The maximum absolute atomic E-state index is 7.51. The van der Waals surface area contributed by atoms with Gasteiger partial charge in [-0.15, -0.1) is 11.3 Å². The molecular weight excluding hydrogens is 330 g/mol. The molecule has 3 N–H and O–H groups in total. The fourth-order valence-corrected chi connectivity index (χ4v) is 3.54. The molecule has 0 aliphatic heterocycles. The summed E-state index contributed by atoms with van der Waals surface area (Å²) in [4.78, 5) is 5.99. The molecule has 0 radical (unpaired) electrons. The van der Waals surface area contributed by atoms with Gasteiger partial charge in [-0.25, -0.2) is 4.98 Å². The molecule has 5 heteroatoms. The van der Waals surface area contributed by atoms with E-state index >= 15 is 0 Å². The standard InChI is InChI=1S/C20H21N3OS/c1-12(2)19-18(23-13(3)25-19)14-7-9-16(10-8-14)24-17-6-4-5-15(11-17)20(21)22/h4-12H,1-3H3,(H3,21,22). The van der Waals surface area contributed by atoms with Crippen molar-refractivity contribution in [3.05, 3.63) is 64.0 Å². The van der Waals surface area contributed by atoms with Gasteiger partial charge >= 0.3 is 0 Å². The summed E-state index contributed by atoms with van der Waals surface area (Å²) in [5.41, 5.74) is 8.32. The average molecular weight is 351 g/mol. The first-order valence-electron chi connectivity index (χ1n) is 8.14. The molecule has 0 unspecified atom stereocenters. The number of hydrogen-bond acceptors (Lipinski definition) is 4. The number of rotatable bonds is 5. The first kappa shape index (κ1) is 17.2. The lowest BCUT2D eigenvalue weighted by molar-refractivity contribution is 0.482. The second-order valence-electron chi connectivity index (χ2n) is 6.17. The van der Waals surface area contributed by atoms with Crippen molar-refractivity contribution in [2.24, 2.45) is 5.73 Å². The van der Waals surface area contributed by atoms with Crippen LogP contribution < -0.4 is 10.5 Å². The first-order valence-corrected chi connectivity index (χ1v) is 8.95. The second kappa shape index (κ2) is 7.07. The molecule has 25 heavy (non-hydrogen) atoms. The minimum absolute atomic E-state index is 0.0286. The van der Waals surface area contributed by atoms with E-state index in [9.17, 15) is 0 Å². The number of nitrogens with zero attached hydrogens (tertiary/aromatic N) is 1. The first-order chi connectivity index (χ1) is 11.9. The van der Waals surface area contributed by atoms with Crippen molar-refractivity contribution in [3.8, 4) is 22.8 Å². The molecule has 3 rings (SSSR count). The molecule has 0 atom stereocenters. The number of amidine groups is 1. The minimum atomic E-state index is 0.0286. The summed E-state index contributed by atoms with van der Waals surface area (Å²) in [5, 5.41) is 8.59. The molecule has 4 nitrogen and oxygen atoms in total. The molecule has 0 aliphatic carbocycles. The van der Waals surface area contributed by atoms with Gasteiger partial charge in [-0.05, 0) is 49.2 Å². The Labute approximate surface area is 151 Å². The van der Waals surface area contributed by atoms with Crippen LogP contribution in [0.25, 0.3) is 11.3 Å². The lowest BCUT2D eigenvalue weighted by Gasteiger charge is -2.09. The van der Waals surface area contributed by atoms with Crippen LogP contribution in [0.5, 0.6) is 11.5 Å². The van der Waals surface area contributed by atoms with E-state index in [1.54, 1.807) is 23.5 Å². The molecule has 0 spiro atoms. The zero-order valence-electron chi connectivity index (χ0n) is 14.5. The molecule has 3 aromatic rings. The summed E-state index contributed by atoms with van der Waals surface area (Å²) >= 11 is 1.75. The third kappa shape index (κ3) is 3.88. The van der Waals surface area contributed by atoms with Gasteiger partial charge in [0.1, 0.15) is 17.3 Å². The highest BCUT2D eigenvalue weighted by atomic mass is 32.1. The Morgan fingerprint density at radius 1 is 1.12 bits per heavy atom. The van der Waals surface area contributed by atoms with Crippen LogP contribution in [0.15, 0.2) is 48.5 Å². The number of ether oxygens (including phenoxy) is 1. The number of nitrogens with one attached hydrogen (secondary N) is 1. The summed E-state index contributed by atoms with van der Waals surface area (Å²) < 4.78 is 5.87. The van der Waals surface area contributed by atoms with Crippen molar-refractivity contribution >= 4 is 17.2 Å². The van der Waals surface area contributed by atoms with Crippen molar-refractivity contribution in [2.75, 3.05) is 0 Å². The van der Waals surface area contributed by atoms with Crippen LogP contribution >= 0.6 is 11.3 Å². The van der Waals surface area contributed by atoms with E-state index in [4.69, 9.17) is 15.9 Å². The highest BCUT2D eigenvalue weighted by Gasteiger charge is 2.14. The number of nitrogen functional groups attached to an aromatic ring is 1. The third-order valence-electron chi connectivity index (χ3n) is 3.79. The summed E-state index contributed by atoms with van der Waals surface area (Å²) in [5.74, 6) is 1.88. The molecule has 0 aliphatic rings. The zero-order chi connectivity index (χ0) is 18.0. The maximum Gasteiger partial charge on any atom is 0.128 e. The van der Waals surface area contributed by atoms with E-state index in [0.29, 0.717) is 17.2 Å². The Kier molecular flexibility index (Phi) is 4.86. The quantitative estimate of drug-likeness (QED) is 0.483. The van der Waals surface area contributed by atoms with Gasteiger partial charge in [-0.1, -0.05) is 26.0 Å². The Balaban J connectivity index is 1.84. The number of thiazole rings is 1. The van der Waals surface area contributed by atoms with E-state index in [0.717, 1.165) is 22.0 Å². The predicted molar refractivity (Wildman–Crippen MR) is 104 cm³/mol. The fraction of sp³-hybridized carbons (Fsp3) is 0.200. The maximum atomic E-state index is 7.51. The van der Waals surface area contributed by atoms with E-state index in [1.165, 1.54) is 4.88 Å². The summed E-state index contributed by atoms with van der Waals surface area (Å²) in [6.07, 6.45) is 0. The molecule has 0 fully saturated rings. The second-order valence-corrected chi connectivity index (χ2v) is 7.40. The number of aryl methyl sites for hydroxylation is 1. The van der Waals surface area contributed by atoms with Gasteiger partial charge in [0, 0.05) is 16.0 Å². The van der Waals surface area contributed by atoms with Crippen LogP contribution in [0.4, 0.5) is 0 Å². The normalized spacial score (nSPS) is 10.9. The van der Waals surface area contributed by atoms with Crippen molar-refractivity contribution < 1.29 is 4.74 Å². The van der Waals surface area contributed by atoms with Crippen LogP contribution in [0, 0.1) is 12.3 Å². The molecule has 0 bridgehead atoms. The van der Waals surface area contributed by atoms with Crippen LogP contribution in [-0.2, 0) is 0 Å². The van der Waals surface area contributed by atoms with Crippen molar-refractivity contribution in [2.45, 2.75) is 26.7 Å². The van der Waals surface area contributed by atoms with E-state index in [2.05, 4.69) is 18.8 Å². The van der Waals surface area contributed by atoms with Gasteiger partial charge in [0.15, 0.2) is 0 Å². The summed E-state index contributed by atoms with van der Waals surface area (Å²) in [6.45, 7) is 6.42. The fourth-order valence-electron chi connectivity index (χ4n) is 2.58. The molecule has 0 saturated carbocycles. The van der Waals surface area contributed by atoms with Crippen LogP contribution in [0.1, 0.15) is 35.2 Å². The van der Waals surface area contributed by atoms with E-state index < -0.39 is 0 Å². The molecule has 2 aromatic carbocycles. The minimum Gasteiger partial charge on any atom is -0.457 e. The van der Waals surface area contributed by atoms with Gasteiger partial charge in [-0.2, -0.15) is 0 Å². The summed E-state index contributed by atoms with van der Waals surface area (Å²) in [6, 6.07) is 15.2. The predicted octanol–water partition coefficient (Wildman–Crippen LogP) is 5.32. The molecule has 1 heterocycles. The number of hydrogen-bond donors (Lipinski definition) is 2. The highest BCUT2D eigenvalue weighted by Crippen LogP contribution is 2.34. The van der Waals surface area contributed by atoms with Gasteiger partial charge in [0.2, 0.25) is 0 Å². The SMILES string of the molecule is Cc1nc(-c2ccc(Oc3cccc(C(=N)N)c3)cc2)c(C(C)C)s1. The van der Waals surface area contributed by atoms with Gasteiger partial charge in [-0.3, -0.25) is 5.41 Å². The smallest absolute Gasteiger partial charge is 0.128 e. The van der Waals surface area contributed by atoms with Crippen molar-refractivity contribution in [1.82, 2.24) is 4.98 Å². The molecule has 0 amide bonds. The van der Waals surface area contributed by atoms with E-state index in [-0.39, 0.29) is 5.84 Å². The Hall–Kier alpha value is -2.66. The number of nitrogens with two attached hydrogens (primary N) is 1. The Morgan fingerprint density at radius 2 is 1.84 bits per heavy atom. The van der Waals surface area contributed by atoms with Gasteiger partial charge in [0.05, 0.1) is 10.7 Å². The number of aromatic nitrogens is 1. The average Bonchev–Trinajstić information content (AvgIpc) is 2.98. The van der Waals surface area contributed by atoms with Crippen LogP contribution in [-0.4, -0.2) is 10.8 Å². The lowest BCUT2D eigenvalue weighted by Crippen LogP contribution is -2.10. The highest BCUT2D eigenvalue weighted by molar-refractivity contribution is 7.12. The van der Waals surface area contributed by atoms with Crippen LogP contribution in [0.2, 0.25) is 0 Å². The molecule has 128 valence electrons. The topological polar surface area (TPSA) is 72.0 Å². The monoisotopic (exact) mass is 351 g/mol. The molecular formula is C20H21N3OS. The Morgan fingerprint density at radius 3 is 2.48 bits per heavy atom. The van der Waals surface area contributed by atoms with E-state index in [1.807, 2.05) is 43.3 Å². The van der Waals surface area contributed by atoms with Gasteiger partial charge in [0.25, 0.3) is 0 Å². The molecule has 1 aromatic heterocycles. The summed E-state index contributed by atoms with van der Waals surface area (Å²) in [7, 11) is 0. The zero-order valence-corrected chi connectivity index (χ0v) is 15.4. The lowest BCUT2D eigenvalue weighted by atomic mass is 10.1. The Bertz CT molecular complexity index is 898. The van der Waals surface area contributed by atoms with Gasteiger partial charge < -0.3 is 10.5 Å². The van der Waals surface area contributed by atoms with Crippen molar-refractivity contribution in [3.63, 3.8) is 0 Å².